The number of hydrogen-bond acceptors (Lipinski definition) is 4. The molecular formula is C13H16F3N3O3. The molecule has 1 saturated carbocycles. The molecule has 6 nitrogen and oxygen atoms in total. The summed E-state index contributed by atoms with van der Waals surface area (Å²) in [6.45, 7) is 1.10. The molecule has 1 aromatic heterocycles. The van der Waals surface area contributed by atoms with Crippen LogP contribution in [-0.2, 0) is 21.2 Å². The molecule has 1 saturated heterocycles. The molecule has 1 aliphatic heterocycles. The van der Waals surface area contributed by atoms with E-state index in [0.29, 0.717) is 25.8 Å². The Balaban J connectivity index is 1.93. The predicted octanol–water partition coefficient (Wildman–Crippen LogP) is 2.06. The van der Waals surface area contributed by atoms with E-state index in [-0.39, 0.29) is 18.3 Å². The van der Waals surface area contributed by atoms with Crippen LogP contribution in [0, 0.1) is 5.41 Å². The lowest BCUT2D eigenvalue weighted by atomic mass is 9.77. The van der Waals surface area contributed by atoms with Crippen molar-refractivity contribution in [3.05, 3.63) is 11.9 Å². The fraction of sp³-hybridized carbons (Fsp3) is 0.769. The van der Waals surface area contributed by atoms with E-state index in [1.54, 1.807) is 0 Å². The first-order chi connectivity index (χ1) is 10.3. The first-order valence-electron chi connectivity index (χ1n) is 7.09. The Morgan fingerprint density at radius 2 is 1.95 bits per heavy atom. The predicted molar refractivity (Wildman–Crippen MR) is 67.0 cm³/mol. The Labute approximate surface area is 124 Å². The number of alkyl halides is 3. The van der Waals surface area contributed by atoms with Crippen molar-refractivity contribution in [2.75, 3.05) is 13.2 Å². The zero-order valence-electron chi connectivity index (χ0n) is 11.8. The minimum Gasteiger partial charge on any atom is -0.479 e. The van der Waals surface area contributed by atoms with Crippen LogP contribution in [0.4, 0.5) is 13.2 Å². The third kappa shape index (κ3) is 2.37. The summed E-state index contributed by atoms with van der Waals surface area (Å²) in [6.07, 6.45) is -1.51. The number of aliphatic carboxylic acids is 1. The molecule has 1 atom stereocenters. The van der Waals surface area contributed by atoms with Gasteiger partial charge < -0.3 is 9.84 Å². The van der Waals surface area contributed by atoms with Crippen LogP contribution in [0.25, 0.3) is 0 Å². The largest absolute Gasteiger partial charge is 0.479 e. The molecule has 3 rings (SSSR count). The molecule has 0 bridgehead atoms. The lowest BCUT2D eigenvalue weighted by Crippen LogP contribution is -2.43. The van der Waals surface area contributed by atoms with Crippen molar-refractivity contribution in [3.8, 4) is 0 Å². The number of nitrogens with zero attached hydrogens (tertiary/aromatic N) is 3. The third-order valence-electron chi connectivity index (χ3n) is 4.85. The second-order valence-corrected chi connectivity index (χ2v) is 6.14. The molecule has 1 aliphatic carbocycles. The molecule has 1 unspecified atom stereocenters. The van der Waals surface area contributed by atoms with E-state index in [2.05, 4.69) is 10.2 Å². The average molecular weight is 319 g/mol. The van der Waals surface area contributed by atoms with Gasteiger partial charge in [0.05, 0.1) is 6.20 Å². The highest BCUT2D eigenvalue weighted by Gasteiger charge is 2.56. The maximum Gasteiger partial charge on any atom is 0.436 e. The summed E-state index contributed by atoms with van der Waals surface area (Å²) < 4.78 is 43.4. The van der Waals surface area contributed by atoms with E-state index in [9.17, 15) is 23.1 Å². The molecular weight excluding hydrogens is 303 g/mol. The van der Waals surface area contributed by atoms with Crippen molar-refractivity contribution < 1.29 is 27.8 Å². The molecule has 9 heteroatoms. The maximum absolute atomic E-state index is 12.7. The summed E-state index contributed by atoms with van der Waals surface area (Å²) in [6, 6.07) is 0. The van der Waals surface area contributed by atoms with E-state index in [1.807, 2.05) is 0 Å². The van der Waals surface area contributed by atoms with Gasteiger partial charge in [-0.25, -0.2) is 4.79 Å². The summed E-state index contributed by atoms with van der Waals surface area (Å²) in [5, 5.41) is 16.6. The number of carboxylic acid groups (broad SMARTS) is 1. The summed E-state index contributed by atoms with van der Waals surface area (Å²) in [7, 11) is 0. The van der Waals surface area contributed by atoms with Gasteiger partial charge in [0.1, 0.15) is 0 Å². The summed E-state index contributed by atoms with van der Waals surface area (Å²) in [5.74, 6) is -1.18. The van der Waals surface area contributed by atoms with E-state index in [0.717, 1.165) is 17.6 Å². The highest BCUT2D eigenvalue weighted by Crippen LogP contribution is 2.53. The van der Waals surface area contributed by atoms with Crippen LogP contribution in [0.15, 0.2) is 6.20 Å². The van der Waals surface area contributed by atoms with Gasteiger partial charge in [-0.05, 0) is 37.5 Å². The highest BCUT2D eigenvalue weighted by atomic mass is 19.4. The van der Waals surface area contributed by atoms with Crippen molar-refractivity contribution >= 4 is 5.97 Å². The van der Waals surface area contributed by atoms with Gasteiger partial charge in [0.25, 0.3) is 0 Å². The number of carbonyl (C=O) groups is 1. The Hall–Kier alpha value is -1.64. The molecule has 122 valence electrons. The first-order valence-corrected chi connectivity index (χ1v) is 7.09. The normalized spacial score (nSPS) is 28.1. The quantitative estimate of drug-likeness (QED) is 0.903. The van der Waals surface area contributed by atoms with Gasteiger partial charge in [0.2, 0.25) is 0 Å². The number of carboxylic acids is 1. The Kier molecular flexibility index (Phi) is 3.42. The number of ether oxygens (including phenoxy) is 1. The maximum atomic E-state index is 12.7. The molecule has 22 heavy (non-hydrogen) atoms. The molecule has 0 radical (unpaired) electrons. The molecule has 0 aromatic carbocycles. The Morgan fingerprint density at radius 1 is 1.27 bits per heavy atom. The molecule has 0 amide bonds. The van der Waals surface area contributed by atoms with Gasteiger partial charge >= 0.3 is 12.1 Å². The van der Waals surface area contributed by atoms with Gasteiger partial charge in [-0.1, -0.05) is 0 Å². The Bertz CT molecular complexity index is 581. The fourth-order valence-electron chi connectivity index (χ4n) is 3.54. The van der Waals surface area contributed by atoms with Crippen LogP contribution in [0.3, 0.4) is 0 Å². The lowest BCUT2D eigenvalue weighted by Gasteiger charge is -2.34. The number of halogens is 3. The van der Waals surface area contributed by atoms with Crippen molar-refractivity contribution in [2.45, 2.75) is 43.8 Å². The van der Waals surface area contributed by atoms with Crippen molar-refractivity contribution in [3.63, 3.8) is 0 Å². The smallest absolute Gasteiger partial charge is 0.436 e. The Morgan fingerprint density at radius 3 is 2.50 bits per heavy atom. The number of aromatic nitrogens is 3. The van der Waals surface area contributed by atoms with E-state index < -0.39 is 23.4 Å². The molecule has 2 fully saturated rings. The number of rotatable bonds is 2. The molecule has 2 aliphatic rings. The van der Waals surface area contributed by atoms with Crippen molar-refractivity contribution in [1.29, 1.82) is 0 Å². The van der Waals surface area contributed by atoms with Crippen LogP contribution in [0.5, 0.6) is 0 Å². The monoisotopic (exact) mass is 319 g/mol. The van der Waals surface area contributed by atoms with Crippen LogP contribution in [0.1, 0.15) is 37.8 Å². The van der Waals surface area contributed by atoms with Gasteiger partial charge in [0, 0.05) is 13.2 Å². The summed E-state index contributed by atoms with van der Waals surface area (Å²) in [4.78, 5) is 12.5. The molecule has 1 N–H and O–H groups in total. The second kappa shape index (κ2) is 4.94. The highest BCUT2D eigenvalue weighted by molar-refractivity contribution is 5.77. The third-order valence-corrected chi connectivity index (χ3v) is 4.85. The molecule has 1 spiro atoms. The summed E-state index contributed by atoms with van der Waals surface area (Å²) in [5.41, 5.74) is -2.87. The lowest BCUT2D eigenvalue weighted by molar-refractivity contribution is -0.151. The van der Waals surface area contributed by atoms with Gasteiger partial charge in [-0.3, -0.25) is 0 Å². The standard InChI is InChI=1S/C13H16F3N3O3/c14-13(15,16)9-7-17-19(18-9)12(10(20)21)2-1-11(8-12)3-5-22-6-4-11/h7H,1-6,8H2,(H,20,21). The SMILES string of the molecule is O=C(O)C1(n2ncc(C(F)(F)F)n2)CCC2(CCOCC2)C1. The van der Waals surface area contributed by atoms with E-state index >= 15 is 0 Å². The van der Waals surface area contributed by atoms with E-state index in [4.69, 9.17) is 4.74 Å². The van der Waals surface area contributed by atoms with Crippen LogP contribution in [-0.4, -0.2) is 39.3 Å². The average Bonchev–Trinajstić information content (AvgIpc) is 3.05. The van der Waals surface area contributed by atoms with Crippen molar-refractivity contribution in [2.24, 2.45) is 5.41 Å². The first kappa shape index (κ1) is 15.3. The minimum atomic E-state index is -4.63. The molecule has 2 heterocycles. The van der Waals surface area contributed by atoms with E-state index in [1.165, 1.54) is 0 Å². The minimum absolute atomic E-state index is 0.206. The van der Waals surface area contributed by atoms with Crippen LogP contribution in [0.2, 0.25) is 0 Å². The zero-order valence-corrected chi connectivity index (χ0v) is 11.8. The van der Waals surface area contributed by atoms with Crippen LogP contribution >= 0.6 is 0 Å². The van der Waals surface area contributed by atoms with Gasteiger partial charge in [-0.15, -0.1) is 5.10 Å². The topological polar surface area (TPSA) is 77.2 Å². The van der Waals surface area contributed by atoms with Gasteiger partial charge in [-0.2, -0.15) is 23.1 Å². The fourth-order valence-corrected chi connectivity index (χ4v) is 3.54. The van der Waals surface area contributed by atoms with Crippen LogP contribution < -0.4 is 0 Å². The van der Waals surface area contributed by atoms with Crippen molar-refractivity contribution in [1.82, 2.24) is 15.0 Å². The zero-order chi connectivity index (χ0) is 16.0. The summed E-state index contributed by atoms with van der Waals surface area (Å²) >= 11 is 0. The molecule has 1 aromatic rings. The number of hydrogen-bond donors (Lipinski definition) is 1. The van der Waals surface area contributed by atoms with Gasteiger partial charge in [0.15, 0.2) is 11.2 Å². The second-order valence-electron chi connectivity index (χ2n) is 6.14.